The quantitative estimate of drug-likeness (QED) is 0.836. The summed E-state index contributed by atoms with van der Waals surface area (Å²) >= 11 is 3.46. The number of hydrogen-bond acceptors (Lipinski definition) is 2. The number of rotatable bonds is 6. The maximum atomic E-state index is 11.9. The van der Waals surface area contributed by atoms with Crippen LogP contribution < -0.4 is 10.6 Å². The standard InChI is InChI=1S/C17H19BrN2O/c1-2-14-10-15(18)8-9-16(14)19-12-17(21)20-11-13-6-4-3-5-7-13/h3-10,19H,2,11-12H2,1H3,(H,20,21). The van der Waals surface area contributed by atoms with Gasteiger partial charge in [-0.1, -0.05) is 53.2 Å². The average molecular weight is 347 g/mol. The highest BCUT2D eigenvalue weighted by atomic mass is 79.9. The van der Waals surface area contributed by atoms with Crippen LogP contribution in [-0.4, -0.2) is 12.5 Å². The van der Waals surface area contributed by atoms with Crippen molar-refractivity contribution >= 4 is 27.5 Å². The van der Waals surface area contributed by atoms with Gasteiger partial charge in [0.05, 0.1) is 6.54 Å². The minimum atomic E-state index is -0.0103. The fraction of sp³-hybridized carbons (Fsp3) is 0.235. The number of anilines is 1. The molecule has 0 aliphatic rings. The Balaban J connectivity index is 1.84. The second-order valence-corrected chi connectivity index (χ2v) is 5.69. The topological polar surface area (TPSA) is 41.1 Å². The number of halogens is 1. The van der Waals surface area contributed by atoms with Crippen LogP contribution in [0.1, 0.15) is 18.1 Å². The maximum absolute atomic E-state index is 11.9. The van der Waals surface area contributed by atoms with Crippen molar-refractivity contribution in [3.63, 3.8) is 0 Å². The minimum Gasteiger partial charge on any atom is -0.376 e. The summed E-state index contributed by atoms with van der Waals surface area (Å²) in [5, 5.41) is 6.10. The van der Waals surface area contributed by atoms with Gasteiger partial charge in [-0.25, -0.2) is 0 Å². The fourth-order valence-corrected chi connectivity index (χ4v) is 2.47. The van der Waals surface area contributed by atoms with Gasteiger partial charge in [-0.3, -0.25) is 4.79 Å². The lowest BCUT2D eigenvalue weighted by atomic mass is 10.1. The van der Waals surface area contributed by atoms with E-state index in [1.807, 2.05) is 42.5 Å². The van der Waals surface area contributed by atoms with Gasteiger partial charge < -0.3 is 10.6 Å². The zero-order valence-electron chi connectivity index (χ0n) is 12.0. The monoisotopic (exact) mass is 346 g/mol. The first kappa shape index (κ1) is 15.6. The van der Waals surface area contributed by atoms with E-state index in [0.717, 1.165) is 22.1 Å². The summed E-state index contributed by atoms with van der Waals surface area (Å²) in [5.74, 6) is -0.0103. The minimum absolute atomic E-state index is 0.0103. The Bertz CT molecular complexity index is 599. The summed E-state index contributed by atoms with van der Waals surface area (Å²) in [7, 11) is 0. The highest BCUT2D eigenvalue weighted by Crippen LogP contribution is 2.21. The predicted octanol–water partition coefficient (Wildman–Crippen LogP) is 3.74. The van der Waals surface area contributed by atoms with E-state index >= 15 is 0 Å². The largest absolute Gasteiger partial charge is 0.376 e. The zero-order valence-corrected chi connectivity index (χ0v) is 13.6. The molecule has 0 atom stereocenters. The third kappa shape index (κ3) is 4.90. The molecule has 2 aromatic rings. The summed E-state index contributed by atoms with van der Waals surface area (Å²) in [6.45, 7) is 2.94. The lowest BCUT2D eigenvalue weighted by Gasteiger charge is -2.11. The van der Waals surface area contributed by atoms with E-state index in [9.17, 15) is 4.79 Å². The second-order valence-electron chi connectivity index (χ2n) is 4.77. The molecule has 0 spiro atoms. The van der Waals surface area contributed by atoms with Gasteiger partial charge in [0, 0.05) is 16.7 Å². The molecule has 2 N–H and O–H groups in total. The number of amides is 1. The molecule has 0 heterocycles. The van der Waals surface area contributed by atoms with E-state index in [0.29, 0.717) is 6.54 Å². The molecule has 3 nitrogen and oxygen atoms in total. The summed E-state index contributed by atoms with van der Waals surface area (Å²) in [4.78, 5) is 11.9. The van der Waals surface area contributed by atoms with Crippen LogP contribution in [0.3, 0.4) is 0 Å². The first-order valence-corrected chi connectivity index (χ1v) is 7.81. The fourth-order valence-electron chi connectivity index (χ4n) is 2.06. The summed E-state index contributed by atoms with van der Waals surface area (Å²) < 4.78 is 1.05. The third-order valence-electron chi connectivity index (χ3n) is 3.22. The highest BCUT2D eigenvalue weighted by Gasteiger charge is 2.04. The Morgan fingerprint density at radius 1 is 1.14 bits per heavy atom. The van der Waals surface area contributed by atoms with E-state index in [1.54, 1.807) is 0 Å². The van der Waals surface area contributed by atoms with E-state index < -0.39 is 0 Å². The van der Waals surface area contributed by atoms with Crippen molar-refractivity contribution in [2.75, 3.05) is 11.9 Å². The number of aryl methyl sites for hydroxylation is 1. The molecule has 0 radical (unpaired) electrons. The van der Waals surface area contributed by atoms with Crippen LogP contribution in [-0.2, 0) is 17.8 Å². The predicted molar refractivity (Wildman–Crippen MR) is 90.3 cm³/mol. The number of carbonyl (C=O) groups is 1. The van der Waals surface area contributed by atoms with Gasteiger partial charge in [0.2, 0.25) is 5.91 Å². The SMILES string of the molecule is CCc1cc(Br)ccc1NCC(=O)NCc1ccccc1. The van der Waals surface area contributed by atoms with Gasteiger partial charge in [-0.05, 0) is 35.7 Å². The van der Waals surface area contributed by atoms with Crippen molar-refractivity contribution in [1.82, 2.24) is 5.32 Å². The van der Waals surface area contributed by atoms with Crippen molar-refractivity contribution in [2.24, 2.45) is 0 Å². The van der Waals surface area contributed by atoms with Crippen molar-refractivity contribution in [1.29, 1.82) is 0 Å². The lowest BCUT2D eigenvalue weighted by molar-refractivity contribution is -0.119. The molecule has 2 rings (SSSR count). The first-order chi connectivity index (χ1) is 10.2. The Hall–Kier alpha value is -1.81. The molecule has 0 unspecified atom stereocenters. The summed E-state index contributed by atoms with van der Waals surface area (Å²) in [6.07, 6.45) is 0.924. The van der Waals surface area contributed by atoms with Gasteiger partial charge in [0.1, 0.15) is 0 Å². The Labute approximate surface area is 133 Å². The molecule has 4 heteroatoms. The second kappa shape index (κ2) is 7.84. The molecule has 0 saturated carbocycles. The molecular formula is C17H19BrN2O. The van der Waals surface area contributed by atoms with Gasteiger partial charge in [-0.15, -0.1) is 0 Å². The van der Waals surface area contributed by atoms with Crippen LogP contribution in [0.25, 0.3) is 0 Å². The van der Waals surface area contributed by atoms with Crippen LogP contribution in [0.2, 0.25) is 0 Å². The maximum Gasteiger partial charge on any atom is 0.239 e. The summed E-state index contributed by atoms with van der Waals surface area (Å²) in [5.41, 5.74) is 3.31. The van der Waals surface area contributed by atoms with E-state index in [-0.39, 0.29) is 12.5 Å². The van der Waals surface area contributed by atoms with E-state index in [2.05, 4.69) is 39.6 Å². The average Bonchev–Trinajstić information content (AvgIpc) is 2.52. The van der Waals surface area contributed by atoms with Crippen LogP contribution >= 0.6 is 15.9 Å². The van der Waals surface area contributed by atoms with Gasteiger partial charge in [-0.2, -0.15) is 0 Å². The number of benzene rings is 2. The highest BCUT2D eigenvalue weighted by molar-refractivity contribution is 9.10. The third-order valence-corrected chi connectivity index (χ3v) is 3.71. The molecule has 1 amide bonds. The van der Waals surface area contributed by atoms with Crippen LogP contribution in [0.4, 0.5) is 5.69 Å². The number of carbonyl (C=O) groups excluding carboxylic acids is 1. The molecular weight excluding hydrogens is 328 g/mol. The number of nitrogens with one attached hydrogen (secondary N) is 2. The molecule has 110 valence electrons. The van der Waals surface area contributed by atoms with Crippen LogP contribution in [0.15, 0.2) is 53.0 Å². The molecule has 0 aromatic heterocycles. The molecule has 21 heavy (non-hydrogen) atoms. The van der Waals surface area contributed by atoms with Gasteiger partial charge in [0.15, 0.2) is 0 Å². The zero-order chi connectivity index (χ0) is 15.1. The molecule has 0 saturated heterocycles. The van der Waals surface area contributed by atoms with Crippen molar-refractivity contribution < 1.29 is 4.79 Å². The van der Waals surface area contributed by atoms with Crippen LogP contribution in [0.5, 0.6) is 0 Å². The number of hydrogen-bond donors (Lipinski definition) is 2. The van der Waals surface area contributed by atoms with Crippen LogP contribution in [0, 0.1) is 0 Å². The van der Waals surface area contributed by atoms with E-state index in [4.69, 9.17) is 0 Å². The lowest BCUT2D eigenvalue weighted by Crippen LogP contribution is -2.29. The molecule has 0 bridgehead atoms. The molecule has 0 fully saturated rings. The smallest absolute Gasteiger partial charge is 0.239 e. The van der Waals surface area contributed by atoms with Crippen molar-refractivity contribution in [3.05, 3.63) is 64.1 Å². The molecule has 0 aliphatic heterocycles. The Kier molecular flexibility index (Phi) is 5.81. The normalized spacial score (nSPS) is 10.2. The summed E-state index contributed by atoms with van der Waals surface area (Å²) in [6, 6.07) is 15.9. The molecule has 0 aliphatic carbocycles. The van der Waals surface area contributed by atoms with E-state index in [1.165, 1.54) is 5.56 Å². The molecule has 2 aromatic carbocycles. The Morgan fingerprint density at radius 3 is 2.62 bits per heavy atom. The first-order valence-electron chi connectivity index (χ1n) is 7.02. The van der Waals surface area contributed by atoms with Crippen molar-refractivity contribution in [3.8, 4) is 0 Å². The Morgan fingerprint density at radius 2 is 1.90 bits per heavy atom. The van der Waals surface area contributed by atoms with Crippen molar-refractivity contribution in [2.45, 2.75) is 19.9 Å². The van der Waals surface area contributed by atoms with Gasteiger partial charge >= 0.3 is 0 Å². The van der Waals surface area contributed by atoms with Gasteiger partial charge in [0.25, 0.3) is 0 Å².